The van der Waals surface area contributed by atoms with Gasteiger partial charge < -0.3 is 11.1 Å². The number of para-hydroxylation sites is 2. The first-order valence-corrected chi connectivity index (χ1v) is 7.62. The summed E-state index contributed by atoms with van der Waals surface area (Å²) in [6, 6.07) is 17.7. The van der Waals surface area contributed by atoms with E-state index in [-0.39, 0.29) is 22.5 Å². The fraction of sp³-hybridized carbons (Fsp3) is 0.0526. The Hall–Kier alpha value is -3.77. The molecule has 0 amide bonds. The number of nitrogens with one attached hydrogen (secondary N) is 1. The second kappa shape index (κ2) is 5.40. The number of hydrogen-bond acceptors (Lipinski definition) is 5. The Bertz CT molecular complexity index is 1040. The molecular formula is C19H12FN5. The normalized spacial score (nSPS) is 18.2. The van der Waals surface area contributed by atoms with Crippen LogP contribution >= 0.6 is 0 Å². The topological polar surface area (TPSA) is 88.9 Å². The molecule has 2 aromatic carbocycles. The molecule has 4 rings (SSSR count). The maximum absolute atomic E-state index is 14.4. The molecule has 5 nitrogen and oxygen atoms in total. The minimum Gasteiger partial charge on any atom is -0.384 e. The predicted octanol–water partition coefficient (Wildman–Crippen LogP) is 3.28. The smallest absolute Gasteiger partial charge is 0.131 e. The van der Waals surface area contributed by atoms with Crippen LogP contribution in [0.2, 0.25) is 0 Å². The highest BCUT2D eigenvalue weighted by Crippen LogP contribution is 2.47. The van der Waals surface area contributed by atoms with Crippen LogP contribution in [0.1, 0.15) is 11.5 Å². The SMILES string of the molecule is N#CC1=C(N)N2C(=C(C#N)[C@@H]1c1ccccc1F)Nc1ccccc12. The lowest BCUT2D eigenvalue weighted by Crippen LogP contribution is -2.34. The van der Waals surface area contributed by atoms with E-state index in [1.54, 1.807) is 23.1 Å². The van der Waals surface area contributed by atoms with Gasteiger partial charge in [-0.1, -0.05) is 30.3 Å². The number of allylic oxidation sites excluding steroid dienone is 2. The first-order chi connectivity index (χ1) is 12.2. The molecule has 120 valence electrons. The number of rotatable bonds is 1. The second-order valence-corrected chi connectivity index (χ2v) is 5.72. The first-order valence-electron chi connectivity index (χ1n) is 7.62. The van der Waals surface area contributed by atoms with Crippen LogP contribution in [0.15, 0.2) is 71.3 Å². The summed E-state index contributed by atoms with van der Waals surface area (Å²) in [6.45, 7) is 0. The van der Waals surface area contributed by atoms with Crippen molar-refractivity contribution in [2.45, 2.75) is 5.92 Å². The van der Waals surface area contributed by atoms with Gasteiger partial charge in [-0.15, -0.1) is 0 Å². The number of benzene rings is 2. The van der Waals surface area contributed by atoms with Gasteiger partial charge in [0.1, 0.15) is 17.5 Å². The standard InChI is InChI=1S/C19H12FN5/c20-14-6-2-1-5-11(14)17-12(9-21)18(23)25-16-8-4-3-7-15(16)24-19(25)13(17)10-22/h1-8,17,24H,23H2/t17-/m1/s1. The molecule has 0 spiro atoms. The zero-order chi connectivity index (χ0) is 17.6. The summed E-state index contributed by atoms with van der Waals surface area (Å²) < 4.78 is 14.4. The number of hydrogen-bond donors (Lipinski definition) is 2. The van der Waals surface area contributed by atoms with Gasteiger partial charge in [-0.25, -0.2) is 4.39 Å². The average Bonchev–Trinajstić information content (AvgIpc) is 3.01. The molecule has 0 radical (unpaired) electrons. The minimum atomic E-state index is -0.843. The van der Waals surface area contributed by atoms with E-state index in [1.165, 1.54) is 6.07 Å². The molecule has 0 saturated carbocycles. The maximum atomic E-state index is 14.4. The highest BCUT2D eigenvalue weighted by molar-refractivity contribution is 5.86. The van der Waals surface area contributed by atoms with Gasteiger partial charge in [-0.3, -0.25) is 4.90 Å². The second-order valence-electron chi connectivity index (χ2n) is 5.72. The van der Waals surface area contributed by atoms with Crippen molar-refractivity contribution in [3.63, 3.8) is 0 Å². The molecule has 25 heavy (non-hydrogen) atoms. The number of nitriles is 2. The Labute approximate surface area is 143 Å². The highest BCUT2D eigenvalue weighted by atomic mass is 19.1. The number of fused-ring (bicyclic) bond motifs is 3. The maximum Gasteiger partial charge on any atom is 0.131 e. The number of halogens is 1. The number of nitrogens with zero attached hydrogens (tertiary/aromatic N) is 3. The Morgan fingerprint density at radius 1 is 1.00 bits per heavy atom. The monoisotopic (exact) mass is 329 g/mol. The van der Waals surface area contributed by atoms with Crippen LogP contribution in [0, 0.1) is 28.5 Å². The third-order valence-electron chi connectivity index (χ3n) is 4.43. The lowest BCUT2D eigenvalue weighted by atomic mass is 9.83. The van der Waals surface area contributed by atoms with Gasteiger partial charge >= 0.3 is 0 Å². The molecule has 0 saturated heterocycles. The molecule has 1 atom stereocenters. The van der Waals surface area contributed by atoms with Crippen LogP contribution in [0.4, 0.5) is 15.8 Å². The summed E-state index contributed by atoms with van der Waals surface area (Å²) in [5, 5.41) is 22.6. The molecular weight excluding hydrogens is 317 g/mol. The average molecular weight is 329 g/mol. The number of nitrogens with two attached hydrogens (primary N) is 1. The Morgan fingerprint density at radius 2 is 1.68 bits per heavy atom. The predicted molar refractivity (Wildman–Crippen MR) is 91.2 cm³/mol. The van der Waals surface area contributed by atoms with Crippen LogP contribution in [-0.2, 0) is 0 Å². The number of anilines is 2. The first kappa shape index (κ1) is 14.8. The van der Waals surface area contributed by atoms with Crippen molar-refractivity contribution < 1.29 is 4.39 Å². The molecule has 0 fully saturated rings. The van der Waals surface area contributed by atoms with Crippen molar-refractivity contribution in [2.75, 3.05) is 10.2 Å². The van der Waals surface area contributed by atoms with Gasteiger partial charge in [0.05, 0.1) is 40.6 Å². The van der Waals surface area contributed by atoms with E-state index in [2.05, 4.69) is 17.5 Å². The van der Waals surface area contributed by atoms with Crippen molar-refractivity contribution in [2.24, 2.45) is 5.73 Å². The summed E-state index contributed by atoms with van der Waals surface area (Å²) in [4.78, 5) is 1.64. The van der Waals surface area contributed by atoms with Crippen molar-refractivity contribution in [3.05, 3.63) is 82.7 Å². The van der Waals surface area contributed by atoms with Gasteiger partial charge in [0.2, 0.25) is 0 Å². The quantitative estimate of drug-likeness (QED) is 0.838. The molecule has 0 aliphatic carbocycles. The Morgan fingerprint density at radius 3 is 2.40 bits per heavy atom. The Kier molecular flexibility index (Phi) is 3.19. The van der Waals surface area contributed by atoms with Crippen molar-refractivity contribution in [1.82, 2.24) is 0 Å². The van der Waals surface area contributed by atoms with Gasteiger partial charge in [-0.2, -0.15) is 10.5 Å². The molecule has 0 bridgehead atoms. The molecule has 2 aromatic rings. The van der Waals surface area contributed by atoms with E-state index >= 15 is 0 Å². The summed E-state index contributed by atoms with van der Waals surface area (Å²) in [6.07, 6.45) is 0. The summed E-state index contributed by atoms with van der Waals surface area (Å²) >= 11 is 0. The third kappa shape index (κ3) is 1.98. The molecule has 2 aliphatic heterocycles. The molecule has 6 heteroatoms. The lowest BCUT2D eigenvalue weighted by molar-refractivity contribution is 0.605. The lowest BCUT2D eigenvalue weighted by Gasteiger charge is -2.31. The van der Waals surface area contributed by atoms with E-state index in [1.807, 2.05) is 24.3 Å². The van der Waals surface area contributed by atoms with E-state index in [9.17, 15) is 14.9 Å². The molecule has 0 aromatic heterocycles. The zero-order valence-electron chi connectivity index (χ0n) is 13.0. The van der Waals surface area contributed by atoms with Gasteiger partial charge in [0, 0.05) is 5.56 Å². The van der Waals surface area contributed by atoms with Gasteiger partial charge in [0.15, 0.2) is 0 Å². The Balaban J connectivity index is 2.00. The summed E-state index contributed by atoms with van der Waals surface area (Å²) in [7, 11) is 0. The summed E-state index contributed by atoms with van der Waals surface area (Å²) in [5.74, 6) is -0.662. The van der Waals surface area contributed by atoms with E-state index in [4.69, 9.17) is 5.73 Å². The van der Waals surface area contributed by atoms with Crippen LogP contribution in [0.5, 0.6) is 0 Å². The van der Waals surface area contributed by atoms with Crippen molar-refractivity contribution >= 4 is 11.4 Å². The fourth-order valence-electron chi connectivity index (χ4n) is 3.33. The van der Waals surface area contributed by atoms with Crippen molar-refractivity contribution in [1.29, 1.82) is 10.5 Å². The van der Waals surface area contributed by atoms with Gasteiger partial charge in [-0.05, 0) is 18.2 Å². The van der Waals surface area contributed by atoms with Crippen LogP contribution < -0.4 is 16.0 Å². The van der Waals surface area contributed by atoms with E-state index < -0.39 is 11.7 Å². The highest BCUT2D eigenvalue weighted by Gasteiger charge is 2.40. The third-order valence-corrected chi connectivity index (χ3v) is 4.43. The van der Waals surface area contributed by atoms with Crippen LogP contribution in [0.3, 0.4) is 0 Å². The largest absolute Gasteiger partial charge is 0.384 e. The molecule has 2 heterocycles. The molecule has 2 aliphatic rings. The molecule has 3 N–H and O–H groups in total. The van der Waals surface area contributed by atoms with Crippen molar-refractivity contribution in [3.8, 4) is 12.1 Å². The van der Waals surface area contributed by atoms with E-state index in [0.717, 1.165) is 11.4 Å². The minimum absolute atomic E-state index is 0.156. The summed E-state index contributed by atoms with van der Waals surface area (Å²) in [5.41, 5.74) is 8.46. The van der Waals surface area contributed by atoms with Gasteiger partial charge in [0.25, 0.3) is 0 Å². The van der Waals surface area contributed by atoms with E-state index in [0.29, 0.717) is 5.82 Å². The fourth-order valence-corrected chi connectivity index (χ4v) is 3.33. The van der Waals surface area contributed by atoms with Crippen LogP contribution in [-0.4, -0.2) is 0 Å². The zero-order valence-corrected chi connectivity index (χ0v) is 13.0. The molecule has 0 unspecified atom stereocenters. The van der Waals surface area contributed by atoms with Crippen LogP contribution in [0.25, 0.3) is 0 Å².